The van der Waals surface area contributed by atoms with E-state index in [1.165, 1.54) is 48.6 Å². The van der Waals surface area contributed by atoms with Crippen molar-refractivity contribution in [1.29, 1.82) is 0 Å². The summed E-state index contributed by atoms with van der Waals surface area (Å²) in [7, 11) is -2.15. The largest absolute Gasteiger partial charge is 0.208 e. The topological polar surface area (TPSA) is 38.7 Å². The van der Waals surface area contributed by atoms with Crippen LogP contribution in [0.5, 0.6) is 0 Å². The summed E-state index contributed by atoms with van der Waals surface area (Å²) in [4.78, 5) is 15.9. The molecule has 1 aliphatic rings. The van der Waals surface area contributed by atoms with Crippen LogP contribution in [0.4, 0.5) is 0 Å². The van der Waals surface area contributed by atoms with Crippen LogP contribution in [0.1, 0.15) is 0 Å². The third-order valence-corrected chi connectivity index (χ3v) is 14.5. The Kier molecular flexibility index (Phi) is 7.27. The van der Waals surface area contributed by atoms with E-state index in [1.807, 2.05) is 0 Å². The van der Waals surface area contributed by atoms with Crippen LogP contribution in [-0.2, 0) is 0 Å². The standard InChI is InChI=1S/C49H35N3Si/c1-53(2)45-31-37-18-7-6-17-36(37)30-44(45)41-24-13-25-43(46(41)53)49-51-47(50-48(52-49)42-22-11-10-21-40(42)32-14-4-3-5-15-32)35-28-26-34(27-29-35)39-23-12-19-33-16-8-9-20-38(33)39/h3-31H,1-2H3. The van der Waals surface area contributed by atoms with Crippen LogP contribution in [-0.4, -0.2) is 23.0 Å². The van der Waals surface area contributed by atoms with Gasteiger partial charge in [0.25, 0.3) is 0 Å². The first-order valence-corrected chi connectivity index (χ1v) is 21.2. The van der Waals surface area contributed by atoms with Crippen molar-refractivity contribution in [2.75, 3.05) is 0 Å². The van der Waals surface area contributed by atoms with Gasteiger partial charge in [-0.1, -0.05) is 183 Å². The summed E-state index contributed by atoms with van der Waals surface area (Å²) in [5, 5.41) is 7.88. The van der Waals surface area contributed by atoms with Gasteiger partial charge in [0, 0.05) is 16.7 Å². The molecule has 3 nitrogen and oxygen atoms in total. The van der Waals surface area contributed by atoms with Crippen LogP contribution in [0.2, 0.25) is 13.1 Å². The van der Waals surface area contributed by atoms with Crippen molar-refractivity contribution in [2.45, 2.75) is 13.1 Å². The first-order valence-electron chi connectivity index (χ1n) is 18.2. The molecule has 53 heavy (non-hydrogen) atoms. The van der Waals surface area contributed by atoms with Gasteiger partial charge < -0.3 is 0 Å². The lowest BCUT2D eigenvalue weighted by atomic mass is 9.97. The van der Waals surface area contributed by atoms with Crippen LogP contribution >= 0.6 is 0 Å². The number of aromatic nitrogens is 3. The van der Waals surface area contributed by atoms with Crippen molar-refractivity contribution in [3.63, 3.8) is 0 Å². The molecule has 0 spiro atoms. The van der Waals surface area contributed by atoms with Crippen molar-refractivity contribution in [3.05, 3.63) is 176 Å². The summed E-state index contributed by atoms with van der Waals surface area (Å²) in [6.07, 6.45) is 0. The first-order chi connectivity index (χ1) is 26.0. The zero-order valence-electron chi connectivity index (χ0n) is 29.6. The Hall–Kier alpha value is -6.49. The van der Waals surface area contributed by atoms with E-state index in [-0.39, 0.29) is 0 Å². The van der Waals surface area contributed by atoms with Crippen molar-refractivity contribution in [1.82, 2.24) is 15.0 Å². The van der Waals surface area contributed by atoms with E-state index >= 15 is 0 Å². The highest BCUT2D eigenvalue weighted by molar-refractivity contribution is 7.04. The van der Waals surface area contributed by atoms with E-state index in [9.17, 15) is 0 Å². The monoisotopic (exact) mass is 693 g/mol. The number of hydrogen-bond donors (Lipinski definition) is 0. The van der Waals surface area contributed by atoms with E-state index < -0.39 is 8.07 Å². The van der Waals surface area contributed by atoms with Gasteiger partial charge in [-0.2, -0.15) is 0 Å². The van der Waals surface area contributed by atoms with E-state index in [2.05, 4.69) is 189 Å². The minimum atomic E-state index is -2.15. The SMILES string of the molecule is C[Si]1(C)c2cc3ccccc3cc2-c2cccc(-c3nc(-c4ccc(-c5cccc6ccccc56)cc4)nc(-c4ccccc4-c4ccccc4)n3)c21. The van der Waals surface area contributed by atoms with Gasteiger partial charge in [0.05, 0.1) is 0 Å². The first kappa shape index (κ1) is 31.3. The maximum absolute atomic E-state index is 5.35. The van der Waals surface area contributed by atoms with Gasteiger partial charge in [-0.15, -0.1) is 0 Å². The quantitative estimate of drug-likeness (QED) is 0.168. The molecule has 0 saturated heterocycles. The molecule has 10 rings (SSSR count). The van der Waals surface area contributed by atoms with Crippen molar-refractivity contribution < 1.29 is 0 Å². The molecule has 9 aromatic rings. The summed E-state index contributed by atoms with van der Waals surface area (Å²) in [6, 6.07) is 62.8. The Morgan fingerprint density at radius 2 is 0.849 bits per heavy atom. The minimum Gasteiger partial charge on any atom is -0.208 e. The van der Waals surface area contributed by atoms with E-state index in [1.54, 1.807) is 0 Å². The molecule has 250 valence electrons. The van der Waals surface area contributed by atoms with Crippen LogP contribution in [0, 0.1) is 0 Å². The van der Waals surface area contributed by atoms with Crippen molar-refractivity contribution >= 4 is 40.0 Å². The van der Waals surface area contributed by atoms with Crippen LogP contribution in [0.15, 0.2) is 176 Å². The second kappa shape index (κ2) is 12.3. The molecular formula is C49H35N3Si. The molecular weight excluding hydrogens is 659 g/mol. The zero-order chi connectivity index (χ0) is 35.5. The second-order valence-corrected chi connectivity index (χ2v) is 18.7. The van der Waals surface area contributed by atoms with Crippen LogP contribution in [0.25, 0.3) is 89.1 Å². The number of nitrogens with zero attached hydrogens (tertiary/aromatic N) is 3. The molecule has 1 aliphatic heterocycles. The lowest BCUT2D eigenvalue weighted by molar-refractivity contribution is 1.08. The molecule has 8 aromatic carbocycles. The number of fused-ring (bicyclic) bond motifs is 5. The normalized spacial score (nSPS) is 12.9. The average Bonchev–Trinajstić information content (AvgIpc) is 3.45. The molecule has 4 heteroatoms. The molecule has 2 heterocycles. The summed E-state index contributed by atoms with van der Waals surface area (Å²) in [6.45, 7) is 4.94. The molecule has 0 aliphatic carbocycles. The highest BCUT2D eigenvalue weighted by Crippen LogP contribution is 2.37. The van der Waals surface area contributed by atoms with E-state index in [0.29, 0.717) is 17.5 Å². The number of rotatable bonds is 5. The third kappa shape index (κ3) is 5.22. The summed E-state index contributed by atoms with van der Waals surface area (Å²) in [5.41, 5.74) is 10.3. The van der Waals surface area contributed by atoms with Gasteiger partial charge in [0.15, 0.2) is 17.5 Å². The van der Waals surface area contributed by atoms with Crippen molar-refractivity contribution in [2.24, 2.45) is 0 Å². The highest BCUT2D eigenvalue weighted by atomic mass is 28.3. The fraction of sp³-hybridized carbons (Fsp3) is 0.0408. The van der Waals surface area contributed by atoms with Gasteiger partial charge in [0.1, 0.15) is 8.07 Å². The molecule has 0 unspecified atom stereocenters. The van der Waals surface area contributed by atoms with Crippen molar-refractivity contribution in [3.8, 4) is 67.5 Å². The number of benzene rings is 8. The lowest BCUT2D eigenvalue weighted by Gasteiger charge is -2.22. The van der Waals surface area contributed by atoms with Crippen LogP contribution in [0.3, 0.4) is 0 Å². The summed E-state index contributed by atoms with van der Waals surface area (Å²) in [5.74, 6) is 2.04. The van der Waals surface area contributed by atoms with Crippen LogP contribution < -0.4 is 10.4 Å². The third-order valence-electron chi connectivity index (χ3n) is 10.9. The highest BCUT2D eigenvalue weighted by Gasteiger charge is 2.40. The molecule has 0 bridgehead atoms. The fourth-order valence-electron chi connectivity index (χ4n) is 8.32. The molecule has 0 N–H and O–H groups in total. The number of hydrogen-bond acceptors (Lipinski definition) is 3. The Bertz CT molecular complexity index is 2850. The zero-order valence-corrected chi connectivity index (χ0v) is 30.6. The maximum Gasteiger partial charge on any atom is 0.164 e. The van der Waals surface area contributed by atoms with Gasteiger partial charge in [-0.25, -0.2) is 15.0 Å². The second-order valence-electron chi connectivity index (χ2n) is 14.4. The molecule has 1 aromatic heterocycles. The predicted molar refractivity (Wildman–Crippen MR) is 224 cm³/mol. The molecule has 0 fully saturated rings. The van der Waals surface area contributed by atoms with E-state index in [4.69, 9.17) is 15.0 Å². The van der Waals surface area contributed by atoms with Gasteiger partial charge in [-0.3, -0.25) is 0 Å². The fourth-order valence-corrected chi connectivity index (χ4v) is 11.7. The molecule has 0 amide bonds. The lowest BCUT2D eigenvalue weighted by Crippen LogP contribution is -2.50. The van der Waals surface area contributed by atoms with Gasteiger partial charge in [0.2, 0.25) is 0 Å². The Balaban J connectivity index is 1.17. The van der Waals surface area contributed by atoms with Gasteiger partial charge >= 0.3 is 0 Å². The Morgan fingerprint density at radius 1 is 0.340 bits per heavy atom. The van der Waals surface area contributed by atoms with Gasteiger partial charge in [-0.05, 0) is 71.4 Å². The Labute approximate surface area is 310 Å². The smallest absolute Gasteiger partial charge is 0.164 e. The average molecular weight is 694 g/mol. The minimum absolute atomic E-state index is 0.663. The van der Waals surface area contributed by atoms with E-state index in [0.717, 1.165) is 33.4 Å². The molecule has 0 radical (unpaired) electrons. The summed E-state index contributed by atoms with van der Waals surface area (Å²) < 4.78 is 0. The maximum atomic E-state index is 5.35. The summed E-state index contributed by atoms with van der Waals surface area (Å²) >= 11 is 0. The Morgan fingerprint density at radius 3 is 1.64 bits per heavy atom. The predicted octanol–water partition coefficient (Wildman–Crippen LogP) is 11.3. The molecule has 0 saturated carbocycles. The molecule has 0 atom stereocenters.